The number of Topliss-reactive ketones (excluding diaryl/α,β-unsaturated/α-hetero) is 1. The van der Waals surface area contributed by atoms with Crippen LogP contribution in [0.2, 0.25) is 0 Å². The molecule has 0 aliphatic heterocycles. The molecule has 1 heterocycles. The number of rotatable bonds is 2. The van der Waals surface area contributed by atoms with Gasteiger partial charge < -0.3 is 4.74 Å². The molecule has 18 heavy (non-hydrogen) atoms. The Kier molecular flexibility index (Phi) is 2.92. The van der Waals surface area contributed by atoms with Crippen LogP contribution in [0.15, 0.2) is 30.3 Å². The fourth-order valence-corrected chi connectivity index (χ4v) is 3.39. The second-order valence-electron chi connectivity index (χ2n) is 4.49. The van der Waals surface area contributed by atoms with Crippen LogP contribution < -0.4 is 4.74 Å². The molecule has 0 fully saturated rings. The van der Waals surface area contributed by atoms with Crippen molar-refractivity contribution in [2.24, 2.45) is 0 Å². The number of fused-ring (bicyclic) bond motifs is 1. The van der Waals surface area contributed by atoms with E-state index in [2.05, 4.69) is 24.3 Å². The third kappa shape index (κ3) is 2.06. The molecular weight excluding hydrogens is 244 g/mol. The highest BCUT2D eigenvalue weighted by atomic mass is 32.1. The smallest absolute Gasteiger partial charge is 0.137 e. The molecule has 0 N–H and O–H groups in total. The first kappa shape index (κ1) is 11.5. The molecule has 1 aromatic heterocycles. The Morgan fingerprint density at radius 2 is 2.11 bits per heavy atom. The Hall–Kier alpha value is -1.61. The van der Waals surface area contributed by atoms with E-state index < -0.39 is 0 Å². The van der Waals surface area contributed by atoms with E-state index >= 15 is 0 Å². The van der Waals surface area contributed by atoms with Crippen LogP contribution in [0.3, 0.4) is 0 Å². The van der Waals surface area contributed by atoms with Crippen LogP contribution in [0.5, 0.6) is 5.75 Å². The molecule has 2 nitrogen and oxygen atoms in total. The third-order valence-electron chi connectivity index (χ3n) is 3.29. The summed E-state index contributed by atoms with van der Waals surface area (Å²) in [6.07, 6.45) is 4.23. The van der Waals surface area contributed by atoms with E-state index in [-0.39, 0.29) is 0 Å². The van der Waals surface area contributed by atoms with Crippen LogP contribution >= 0.6 is 11.3 Å². The monoisotopic (exact) mass is 258 g/mol. The van der Waals surface area contributed by atoms with Gasteiger partial charge in [-0.25, -0.2) is 0 Å². The number of methoxy groups -OCH3 is 1. The zero-order chi connectivity index (χ0) is 12.5. The standard InChI is InChI=1S/C15H14O2S/c1-17-13-7-4-11-8-14(18-15(11)9-13)10-2-5-12(16)6-3-10/h2,4,7-9H,3,5-6H2,1H3. The van der Waals surface area contributed by atoms with Crippen molar-refractivity contribution in [3.63, 3.8) is 0 Å². The van der Waals surface area contributed by atoms with Crippen LogP contribution in [-0.2, 0) is 4.79 Å². The predicted molar refractivity (Wildman–Crippen MR) is 75.2 cm³/mol. The van der Waals surface area contributed by atoms with Gasteiger partial charge in [0.25, 0.3) is 0 Å². The molecule has 1 aromatic carbocycles. The molecule has 0 bridgehead atoms. The molecule has 0 atom stereocenters. The van der Waals surface area contributed by atoms with Crippen molar-refractivity contribution >= 4 is 32.8 Å². The summed E-state index contributed by atoms with van der Waals surface area (Å²) in [6, 6.07) is 8.35. The molecule has 92 valence electrons. The molecule has 1 aliphatic carbocycles. The molecule has 3 heteroatoms. The van der Waals surface area contributed by atoms with Gasteiger partial charge in [-0.1, -0.05) is 6.08 Å². The number of ether oxygens (including phenoxy) is 1. The highest BCUT2D eigenvalue weighted by Gasteiger charge is 2.14. The van der Waals surface area contributed by atoms with Gasteiger partial charge in [-0.2, -0.15) is 0 Å². The number of ketones is 1. The number of hydrogen-bond acceptors (Lipinski definition) is 3. The van der Waals surface area contributed by atoms with Crippen LogP contribution in [0.4, 0.5) is 0 Å². The minimum absolute atomic E-state index is 0.349. The second-order valence-corrected chi connectivity index (χ2v) is 5.57. The summed E-state index contributed by atoms with van der Waals surface area (Å²) in [6.45, 7) is 0. The summed E-state index contributed by atoms with van der Waals surface area (Å²) in [5.41, 5.74) is 1.31. The van der Waals surface area contributed by atoms with E-state index in [0.717, 1.165) is 12.2 Å². The van der Waals surface area contributed by atoms with Crippen molar-refractivity contribution < 1.29 is 9.53 Å². The lowest BCUT2D eigenvalue weighted by atomic mass is 9.97. The summed E-state index contributed by atoms with van der Waals surface area (Å²) in [7, 11) is 1.69. The summed E-state index contributed by atoms with van der Waals surface area (Å²) in [5, 5.41) is 1.24. The fourth-order valence-electron chi connectivity index (χ4n) is 2.24. The van der Waals surface area contributed by atoms with E-state index in [1.54, 1.807) is 18.4 Å². The van der Waals surface area contributed by atoms with E-state index in [9.17, 15) is 4.79 Å². The Balaban J connectivity index is 2.00. The highest BCUT2D eigenvalue weighted by Crippen LogP contribution is 2.36. The highest BCUT2D eigenvalue weighted by molar-refractivity contribution is 7.20. The maximum Gasteiger partial charge on any atom is 0.137 e. The molecule has 0 amide bonds. The van der Waals surface area contributed by atoms with Crippen LogP contribution in [0.1, 0.15) is 24.1 Å². The van der Waals surface area contributed by atoms with Gasteiger partial charge in [0.05, 0.1) is 7.11 Å². The summed E-state index contributed by atoms with van der Waals surface area (Å²) >= 11 is 1.77. The lowest BCUT2D eigenvalue weighted by Crippen LogP contribution is -2.01. The topological polar surface area (TPSA) is 26.3 Å². The van der Waals surface area contributed by atoms with Crippen molar-refractivity contribution in [3.05, 3.63) is 35.2 Å². The average Bonchev–Trinajstić information content (AvgIpc) is 2.82. The Morgan fingerprint density at radius 3 is 2.83 bits per heavy atom. The second kappa shape index (κ2) is 4.58. The summed E-state index contributed by atoms with van der Waals surface area (Å²) < 4.78 is 6.48. The number of carbonyl (C=O) groups is 1. The zero-order valence-electron chi connectivity index (χ0n) is 10.2. The van der Waals surface area contributed by atoms with Crippen LogP contribution in [0.25, 0.3) is 15.7 Å². The number of benzene rings is 1. The Bertz CT molecular complexity index is 637. The van der Waals surface area contributed by atoms with Crippen molar-refractivity contribution in [3.8, 4) is 5.75 Å². The molecule has 3 rings (SSSR count). The molecule has 0 unspecified atom stereocenters. The molecule has 0 radical (unpaired) electrons. The molecule has 0 saturated heterocycles. The first-order chi connectivity index (χ1) is 8.76. The number of allylic oxidation sites excluding steroid dienone is 2. The minimum Gasteiger partial charge on any atom is -0.497 e. The average molecular weight is 258 g/mol. The maximum atomic E-state index is 11.2. The van der Waals surface area contributed by atoms with Crippen molar-refractivity contribution in [2.75, 3.05) is 7.11 Å². The fraction of sp³-hybridized carbons (Fsp3) is 0.267. The number of carbonyl (C=O) groups excluding carboxylic acids is 1. The predicted octanol–water partition coefficient (Wildman–Crippen LogP) is 4.05. The van der Waals surface area contributed by atoms with E-state index in [4.69, 9.17) is 4.74 Å². The normalized spacial score (nSPS) is 15.8. The van der Waals surface area contributed by atoms with Crippen molar-refractivity contribution in [2.45, 2.75) is 19.3 Å². The largest absolute Gasteiger partial charge is 0.497 e. The molecular formula is C15H14O2S. The Labute approximate surface area is 110 Å². The first-order valence-corrected chi connectivity index (χ1v) is 6.86. The van der Waals surface area contributed by atoms with Gasteiger partial charge in [0.1, 0.15) is 11.5 Å². The van der Waals surface area contributed by atoms with Crippen LogP contribution in [-0.4, -0.2) is 12.9 Å². The van der Waals surface area contributed by atoms with Gasteiger partial charge >= 0.3 is 0 Å². The van der Waals surface area contributed by atoms with E-state index in [1.165, 1.54) is 20.5 Å². The van der Waals surface area contributed by atoms with Gasteiger partial charge in [-0.15, -0.1) is 11.3 Å². The summed E-state index contributed by atoms with van der Waals surface area (Å²) in [5.74, 6) is 1.24. The summed E-state index contributed by atoms with van der Waals surface area (Å²) in [4.78, 5) is 12.5. The van der Waals surface area contributed by atoms with Gasteiger partial charge in [0.15, 0.2) is 0 Å². The quantitative estimate of drug-likeness (QED) is 0.812. The van der Waals surface area contributed by atoms with Gasteiger partial charge in [0.2, 0.25) is 0 Å². The first-order valence-electron chi connectivity index (χ1n) is 6.05. The SMILES string of the molecule is COc1ccc2cc(C3=CCC(=O)CC3)sc2c1. The third-order valence-corrected chi connectivity index (χ3v) is 4.47. The van der Waals surface area contributed by atoms with Crippen molar-refractivity contribution in [1.29, 1.82) is 0 Å². The van der Waals surface area contributed by atoms with Crippen LogP contribution in [0, 0.1) is 0 Å². The molecule has 0 saturated carbocycles. The molecule has 2 aromatic rings. The van der Waals surface area contributed by atoms with Crippen molar-refractivity contribution in [1.82, 2.24) is 0 Å². The molecule has 1 aliphatic rings. The minimum atomic E-state index is 0.349. The van der Waals surface area contributed by atoms with Gasteiger partial charge in [0, 0.05) is 22.4 Å². The maximum absolute atomic E-state index is 11.2. The van der Waals surface area contributed by atoms with E-state index in [0.29, 0.717) is 18.6 Å². The lowest BCUT2D eigenvalue weighted by molar-refractivity contribution is -0.118. The van der Waals surface area contributed by atoms with E-state index in [1.807, 2.05) is 6.07 Å². The molecule has 0 spiro atoms. The zero-order valence-corrected chi connectivity index (χ0v) is 11.0. The lowest BCUT2D eigenvalue weighted by Gasteiger charge is -2.09. The number of thiophene rings is 1. The van der Waals surface area contributed by atoms with Gasteiger partial charge in [-0.05, 0) is 41.6 Å². The number of hydrogen-bond donors (Lipinski definition) is 0. The van der Waals surface area contributed by atoms with Gasteiger partial charge in [-0.3, -0.25) is 4.79 Å². The Morgan fingerprint density at radius 1 is 1.22 bits per heavy atom.